The van der Waals surface area contributed by atoms with Crippen LogP contribution < -0.4 is -0.342 Å². The van der Waals surface area contributed by atoms with Crippen LogP contribution in [0.15, 0.2) is 48.8 Å². The first-order chi connectivity index (χ1) is 16.0. The number of halogens is 13. The van der Waals surface area contributed by atoms with E-state index < -0.39 is 31.8 Å². The normalized spacial score (nSPS) is 12.0. The minimum absolute atomic E-state index is 0.0473. The molecule has 0 amide bonds. The van der Waals surface area contributed by atoms with Gasteiger partial charge in [0.25, 0.3) is 0 Å². The van der Waals surface area contributed by atoms with Gasteiger partial charge < -0.3 is 51.8 Å². The summed E-state index contributed by atoms with van der Waals surface area (Å²) in [6.07, 6.45) is 3.15. The molecule has 0 spiro atoms. The zero-order chi connectivity index (χ0) is 28.5. The van der Waals surface area contributed by atoms with Crippen molar-refractivity contribution >= 4 is 103 Å². The topological polar surface area (TPSA) is 52.0 Å². The molecular formula is C14H10B3ClF12KN2O2S-3. The molecule has 22 heteroatoms. The van der Waals surface area contributed by atoms with E-state index in [1.54, 1.807) is 24.4 Å². The second kappa shape index (κ2) is 14.3. The van der Waals surface area contributed by atoms with Crippen molar-refractivity contribution in [2.75, 3.05) is 0 Å². The molecule has 0 aliphatic heterocycles. The Hall–Kier alpha value is -0.859. The fraction of sp³-hybridized carbons (Fsp3) is 0.0714. The molecule has 36 heavy (non-hydrogen) atoms. The summed E-state index contributed by atoms with van der Waals surface area (Å²) >= 11 is 6.28. The summed E-state index contributed by atoms with van der Waals surface area (Å²) in [5.41, 5.74) is 1.21. The summed E-state index contributed by atoms with van der Waals surface area (Å²) < 4.78 is 145. The van der Waals surface area contributed by atoms with Crippen molar-refractivity contribution in [1.82, 2.24) is 8.96 Å². The predicted octanol–water partition coefficient (Wildman–Crippen LogP) is 5.76. The van der Waals surface area contributed by atoms with Crippen molar-refractivity contribution in [1.29, 1.82) is 0 Å². The van der Waals surface area contributed by atoms with Gasteiger partial charge in [-0.15, -0.1) is 0 Å². The number of fused-ring (bicyclic) bond motifs is 1. The monoisotopic (exact) mass is 605 g/mol. The number of benzene rings is 1. The molecule has 0 radical (unpaired) electrons. The molecule has 1 aromatic carbocycles. The number of aromatic nitrogens is 2. The van der Waals surface area contributed by atoms with Crippen LogP contribution in [0.1, 0.15) is 5.56 Å². The molecule has 0 unspecified atom stereocenters. The zero-order valence-corrected chi connectivity index (χ0v) is 22.3. The summed E-state index contributed by atoms with van der Waals surface area (Å²) in [5, 5.41) is 1.35. The van der Waals surface area contributed by atoms with E-state index in [0.717, 1.165) is 10.6 Å². The van der Waals surface area contributed by atoms with E-state index in [9.17, 15) is 60.2 Å². The van der Waals surface area contributed by atoms with Crippen molar-refractivity contribution in [3.63, 3.8) is 0 Å². The van der Waals surface area contributed by atoms with Crippen LogP contribution in [0, 0.1) is 0 Å². The minimum atomic E-state index is -6.00. The first-order valence-corrected chi connectivity index (χ1v) is 12.5. The third-order valence-corrected chi connectivity index (χ3v) is 6.30. The van der Waals surface area contributed by atoms with Gasteiger partial charge in [-0.25, -0.2) is 0 Å². The molecule has 0 aliphatic rings. The number of hydrogen-bond acceptors (Lipinski definition) is 3. The van der Waals surface area contributed by atoms with Gasteiger partial charge in [-0.1, -0.05) is 0 Å². The van der Waals surface area contributed by atoms with Gasteiger partial charge in [0.05, 0.1) is 0 Å². The SMILES string of the molecule is F[B-](F)(F)F.F[B-](F)(F)F.F[B-](F)(F)F.O=S(=O)(Cc1ccccc1)n1c[c]([K])c2cc(Cl)cnc21. The summed E-state index contributed by atoms with van der Waals surface area (Å²) in [7, 11) is -21.5. The van der Waals surface area contributed by atoms with Gasteiger partial charge in [0, 0.05) is 0 Å². The molecule has 0 saturated heterocycles. The standard InChI is InChI=1S/C14H10ClN2O2S.3BF4.K/c15-13-8-12-6-7-17(14(12)16-9-13)20(18,19)10-11-4-2-1-3-5-11;3*2-1(3,4)5;/h1-5,7-9H,10H2;;;;/q;3*-1;. The Morgan fingerprint density at radius 2 is 1.25 bits per heavy atom. The Labute approximate surface area is 235 Å². The molecule has 2 heterocycles. The van der Waals surface area contributed by atoms with E-state index in [4.69, 9.17) is 11.6 Å². The maximum absolute atomic E-state index is 12.6. The molecule has 0 bridgehead atoms. The molecule has 2 aromatic heterocycles. The Kier molecular flexibility index (Phi) is 14.0. The van der Waals surface area contributed by atoms with Crippen molar-refractivity contribution in [3.05, 3.63) is 59.4 Å². The fourth-order valence-corrected chi connectivity index (χ4v) is 5.18. The predicted molar refractivity (Wildman–Crippen MR) is 115 cm³/mol. The average molecular weight is 605 g/mol. The van der Waals surface area contributed by atoms with E-state index in [1.807, 2.05) is 18.2 Å². The van der Waals surface area contributed by atoms with Crippen LogP contribution in [0.25, 0.3) is 11.0 Å². The van der Waals surface area contributed by atoms with E-state index in [2.05, 4.69) is 4.98 Å². The van der Waals surface area contributed by atoms with Gasteiger partial charge >= 0.3 is 186 Å². The van der Waals surface area contributed by atoms with Crippen LogP contribution >= 0.6 is 11.6 Å². The van der Waals surface area contributed by atoms with Crippen LogP contribution in [-0.2, 0) is 15.8 Å². The van der Waals surface area contributed by atoms with Crippen molar-refractivity contribution in [2.24, 2.45) is 0 Å². The van der Waals surface area contributed by atoms with Gasteiger partial charge in [0.2, 0.25) is 0 Å². The molecule has 4 nitrogen and oxygen atoms in total. The van der Waals surface area contributed by atoms with E-state index in [1.165, 1.54) is 10.2 Å². The number of hydrogen-bond donors (Lipinski definition) is 0. The van der Waals surface area contributed by atoms with Gasteiger partial charge in [-0.05, 0) is 0 Å². The van der Waals surface area contributed by atoms with Crippen LogP contribution in [0.3, 0.4) is 0 Å². The Morgan fingerprint density at radius 3 is 1.67 bits per heavy atom. The van der Waals surface area contributed by atoms with Gasteiger partial charge in [-0.2, -0.15) is 0 Å². The molecule has 0 atom stereocenters. The van der Waals surface area contributed by atoms with Crippen LogP contribution in [-0.4, -0.2) is 88.1 Å². The zero-order valence-electron chi connectivity index (χ0n) is 17.6. The second-order valence-corrected chi connectivity index (χ2v) is 10.3. The molecule has 3 rings (SSSR count). The second-order valence-electron chi connectivity index (χ2n) is 6.36. The first-order valence-electron chi connectivity index (χ1n) is 8.99. The molecule has 0 aliphatic carbocycles. The summed E-state index contributed by atoms with van der Waals surface area (Å²) in [6.45, 7) is 0. The van der Waals surface area contributed by atoms with Crippen LogP contribution in [0.4, 0.5) is 51.8 Å². The van der Waals surface area contributed by atoms with Crippen molar-refractivity contribution in [2.45, 2.75) is 5.75 Å². The Morgan fingerprint density at radius 1 is 0.833 bits per heavy atom. The molecule has 0 saturated carbocycles. The Balaban J connectivity index is 0.000000672. The summed E-state index contributed by atoms with van der Waals surface area (Å²) in [5.74, 6) is -0.0473. The van der Waals surface area contributed by atoms with Crippen molar-refractivity contribution in [3.8, 4) is 0 Å². The quantitative estimate of drug-likeness (QED) is 0.282. The van der Waals surface area contributed by atoms with E-state index in [-0.39, 0.29) is 5.75 Å². The van der Waals surface area contributed by atoms with Crippen LogP contribution in [0.5, 0.6) is 0 Å². The third-order valence-electron chi connectivity index (χ3n) is 3.27. The van der Waals surface area contributed by atoms with Gasteiger partial charge in [-0.3, -0.25) is 0 Å². The van der Waals surface area contributed by atoms with Crippen molar-refractivity contribution < 1.29 is 60.2 Å². The van der Waals surface area contributed by atoms with Gasteiger partial charge in [0.1, 0.15) is 0 Å². The fourth-order valence-electron chi connectivity index (χ4n) is 2.27. The number of nitrogens with zero attached hydrogens (tertiary/aromatic N) is 2. The molecule has 0 fully saturated rings. The van der Waals surface area contributed by atoms with E-state index >= 15 is 0 Å². The summed E-state index contributed by atoms with van der Waals surface area (Å²) in [6, 6.07) is 10.9. The molecule has 3 aromatic rings. The molecule has 198 valence electrons. The average Bonchev–Trinajstić information content (AvgIpc) is 2.95. The number of rotatable bonds is 3. The molecular weight excluding hydrogens is 595 g/mol. The van der Waals surface area contributed by atoms with E-state index in [0.29, 0.717) is 59.6 Å². The Bertz CT molecular complexity index is 1160. The summed E-state index contributed by atoms with van der Waals surface area (Å²) in [4.78, 5) is 4.19. The molecule has 0 N–H and O–H groups in total. The van der Waals surface area contributed by atoms with Gasteiger partial charge in [0.15, 0.2) is 0 Å². The first kappa shape index (κ1) is 35.1. The van der Waals surface area contributed by atoms with Crippen LogP contribution in [0.2, 0.25) is 5.02 Å². The maximum atomic E-state index is 12.6. The third kappa shape index (κ3) is 18.4. The number of pyridine rings is 1.